The molecule has 3 heterocycles. The molecule has 0 bridgehead atoms. The van der Waals surface area contributed by atoms with Gasteiger partial charge in [-0.1, -0.05) is 36.4 Å². The Morgan fingerprint density at radius 2 is 1.89 bits per heavy atom. The van der Waals surface area contributed by atoms with Crippen molar-refractivity contribution in [2.24, 2.45) is 0 Å². The van der Waals surface area contributed by atoms with Gasteiger partial charge in [-0.15, -0.1) is 0 Å². The molecule has 2 N–H and O–H groups in total. The van der Waals surface area contributed by atoms with Gasteiger partial charge < -0.3 is 15.2 Å². The Balaban J connectivity index is 1.73. The summed E-state index contributed by atoms with van der Waals surface area (Å²) in [5.74, 6) is -0.157. The highest BCUT2D eigenvalue weighted by molar-refractivity contribution is 6.03. The van der Waals surface area contributed by atoms with E-state index in [2.05, 4.69) is 16.4 Å². The van der Waals surface area contributed by atoms with E-state index in [4.69, 9.17) is 0 Å². The molecule has 2 amide bonds. The van der Waals surface area contributed by atoms with Gasteiger partial charge in [0, 0.05) is 34.6 Å². The average molecular weight is 359 g/mol. The molecule has 27 heavy (non-hydrogen) atoms. The maximum absolute atomic E-state index is 13.2. The number of hydrogen-bond acceptors (Lipinski definition) is 2. The highest BCUT2D eigenvalue weighted by Crippen LogP contribution is 2.46. The van der Waals surface area contributed by atoms with Crippen molar-refractivity contribution >= 4 is 22.7 Å². The van der Waals surface area contributed by atoms with Crippen LogP contribution in [0.3, 0.4) is 0 Å². The van der Waals surface area contributed by atoms with E-state index < -0.39 is 6.04 Å². The number of carbonyl (C=O) groups excluding carboxylic acids is 2. The summed E-state index contributed by atoms with van der Waals surface area (Å²) < 4.78 is 0. The molecule has 2 aliphatic heterocycles. The molecule has 0 saturated heterocycles. The molecule has 0 spiro atoms. The number of fused-ring (bicyclic) bond motifs is 7. The summed E-state index contributed by atoms with van der Waals surface area (Å²) in [6, 6.07) is 15.1. The van der Waals surface area contributed by atoms with E-state index in [1.165, 1.54) is 0 Å². The minimum Gasteiger partial charge on any atom is -0.356 e. The number of aromatic nitrogens is 1. The van der Waals surface area contributed by atoms with Crippen LogP contribution >= 0.6 is 0 Å². The average Bonchev–Trinajstić information content (AvgIpc) is 3.17. The van der Waals surface area contributed by atoms with E-state index in [9.17, 15) is 9.59 Å². The molecule has 5 heteroatoms. The quantitative estimate of drug-likeness (QED) is 0.738. The first-order valence-corrected chi connectivity index (χ1v) is 9.37. The van der Waals surface area contributed by atoms with Gasteiger partial charge in [0.05, 0.1) is 6.04 Å². The van der Waals surface area contributed by atoms with Gasteiger partial charge in [0.1, 0.15) is 6.04 Å². The summed E-state index contributed by atoms with van der Waals surface area (Å²) >= 11 is 0. The number of para-hydroxylation sites is 1. The normalized spacial score (nSPS) is 20.6. The van der Waals surface area contributed by atoms with Gasteiger partial charge in [-0.3, -0.25) is 9.59 Å². The SMILES string of the molecule is CC(C)NC(=O)[C@@H]1Cc2c([nH]c3ccccc23)[C@@H]2c3ccccc3C(=O)N21. The van der Waals surface area contributed by atoms with Crippen molar-refractivity contribution in [3.63, 3.8) is 0 Å². The fourth-order valence-electron chi connectivity index (χ4n) is 4.52. The van der Waals surface area contributed by atoms with E-state index >= 15 is 0 Å². The van der Waals surface area contributed by atoms with Crippen LogP contribution in [0.4, 0.5) is 0 Å². The summed E-state index contributed by atoms with van der Waals surface area (Å²) in [7, 11) is 0. The van der Waals surface area contributed by atoms with Crippen molar-refractivity contribution in [1.29, 1.82) is 0 Å². The number of amides is 2. The second-order valence-corrected chi connectivity index (χ2v) is 7.65. The van der Waals surface area contributed by atoms with E-state index in [0.717, 1.165) is 27.7 Å². The minimum atomic E-state index is -0.510. The molecule has 136 valence electrons. The van der Waals surface area contributed by atoms with E-state index in [0.29, 0.717) is 12.0 Å². The van der Waals surface area contributed by atoms with Crippen LogP contribution < -0.4 is 5.32 Å². The molecule has 0 aliphatic carbocycles. The number of nitrogens with zero attached hydrogens (tertiary/aromatic N) is 1. The predicted octanol–water partition coefficient (Wildman–Crippen LogP) is 3.16. The van der Waals surface area contributed by atoms with Crippen LogP contribution in [0.2, 0.25) is 0 Å². The van der Waals surface area contributed by atoms with E-state index in [1.807, 2.05) is 56.3 Å². The van der Waals surface area contributed by atoms with Crippen LogP contribution in [-0.2, 0) is 11.2 Å². The van der Waals surface area contributed by atoms with Crippen LogP contribution in [-0.4, -0.2) is 33.8 Å². The Morgan fingerprint density at radius 3 is 2.70 bits per heavy atom. The van der Waals surface area contributed by atoms with Crippen LogP contribution in [0.25, 0.3) is 10.9 Å². The molecule has 5 rings (SSSR count). The van der Waals surface area contributed by atoms with Crippen molar-refractivity contribution in [1.82, 2.24) is 15.2 Å². The highest BCUT2D eigenvalue weighted by atomic mass is 16.2. The van der Waals surface area contributed by atoms with Crippen molar-refractivity contribution < 1.29 is 9.59 Å². The summed E-state index contributed by atoms with van der Waals surface area (Å²) in [5.41, 5.74) is 4.88. The van der Waals surface area contributed by atoms with E-state index in [1.54, 1.807) is 4.90 Å². The number of aromatic amines is 1. The third kappa shape index (κ3) is 2.24. The zero-order valence-corrected chi connectivity index (χ0v) is 15.3. The molecule has 2 atom stereocenters. The molecule has 0 unspecified atom stereocenters. The Morgan fingerprint density at radius 1 is 1.15 bits per heavy atom. The minimum absolute atomic E-state index is 0.0281. The molecule has 2 aromatic carbocycles. The molecule has 0 radical (unpaired) electrons. The molecular weight excluding hydrogens is 338 g/mol. The van der Waals surface area contributed by atoms with Crippen molar-refractivity contribution in [3.05, 3.63) is 70.9 Å². The second-order valence-electron chi connectivity index (χ2n) is 7.65. The summed E-state index contributed by atoms with van der Waals surface area (Å²) in [6.45, 7) is 3.88. The summed E-state index contributed by atoms with van der Waals surface area (Å²) in [4.78, 5) is 31.5. The maximum Gasteiger partial charge on any atom is 0.255 e. The fourth-order valence-corrected chi connectivity index (χ4v) is 4.52. The van der Waals surface area contributed by atoms with Crippen molar-refractivity contribution in [3.8, 4) is 0 Å². The lowest BCUT2D eigenvalue weighted by Gasteiger charge is -2.37. The number of nitrogens with one attached hydrogen (secondary N) is 2. The van der Waals surface area contributed by atoms with E-state index in [-0.39, 0.29) is 23.9 Å². The summed E-state index contributed by atoms with van der Waals surface area (Å²) in [6.07, 6.45) is 0.522. The molecule has 5 nitrogen and oxygen atoms in total. The Kier molecular flexibility index (Phi) is 3.41. The Labute approximate surface area is 157 Å². The lowest BCUT2D eigenvalue weighted by atomic mass is 9.90. The highest BCUT2D eigenvalue weighted by Gasteiger charge is 2.48. The van der Waals surface area contributed by atoms with Gasteiger partial charge in [-0.05, 0) is 37.1 Å². The van der Waals surface area contributed by atoms with Crippen LogP contribution in [0.5, 0.6) is 0 Å². The van der Waals surface area contributed by atoms with Crippen molar-refractivity contribution in [2.75, 3.05) is 0 Å². The van der Waals surface area contributed by atoms with Crippen LogP contribution in [0.15, 0.2) is 48.5 Å². The number of carbonyl (C=O) groups is 2. The third-order valence-electron chi connectivity index (χ3n) is 5.59. The summed E-state index contributed by atoms with van der Waals surface area (Å²) in [5, 5.41) is 4.13. The number of benzene rings is 2. The van der Waals surface area contributed by atoms with Crippen molar-refractivity contribution in [2.45, 2.75) is 38.4 Å². The third-order valence-corrected chi connectivity index (χ3v) is 5.59. The molecule has 1 aromatic heterocycles. The lowest BCUT2D eigenvalue weighted by Crippen LogP contribution is -2.53. The smallest absolute Gasteiger partial charge is 0.255 e. The molecule has 0 fully saturated rings. The van der Waals surface area contributed by atoms with Crippen LogP contribution in [0, 0.1) is 0 Å². The number of rotatable bonds is 2. The largest absolute Gasteiger partial charge is 0.356 e. The first-order chi connectivity index (χ1) is 13.1. The predicted molar refractivity (Wildman–Crippen MR) is 104 cm³/mol. The zero-order valence-electron chi connectivity index (χ0n) is 15.3. The molecule has 2 aliphatic rings. The fraction of sp³-hybridized carbons (Fsp3) is 0.273. The maximum atomic E-state index is 13.2. The number of H-pyrrole nitrogens is 1. The molecule has 3 aromatic rings. The molecule has 0 saturated carbocycles. The van der Waals surface area contributed by atoms with Gasteiger partial charge in [0.2, 0.25) is 5.91 Å². The Bertz CT molecular complexity index is 1080. The second kappa shape index (κ2) is 5.71. The monoisotopic (exact) mass is 359 g/mol. The molecular formula is C22H21N3O2. The van der Waals surface area contributed by atoms with Gasteiger partial charge in [0.15, 0.2) is 0 Å². The zero-order chi connectivity index (χ0) is 18.7. The van der Waals surface area contributed by atoms with Gasteiger partial charge in [-0.2, -0.15) is 0 Å². The van der Waals surface area contributed by atoms with Gasteiger partial charge in [0.25, 0.3) is 5.91 Å². The Hall–Kier alpha value is -3.08. The number of hydrogen-bond donors (Lipinski definition) is 2. The van der Waals surface area contributed by atoms with Crippen LogP contribution in [0.1, 0.15) is 47.1 Å². The lowest BCUT2D eigenvalue weighted by molar-refractivity contribution is -0.126. The standard InChI is InChI=1S/C22H21N3O2/c1-12(2)23-21(26)18-11-16-13-7-5-6-10-17(13)24-19(16)20-14-8-3-4-9-15(14)22(27)25(18)20/h3-10,12,18,20,24H,11H2,1-2H3,(H,23,26)/t18-,20-/m0/s1. The topological polar surface area (TPSA) is 65.2 Å². The van der Waals surface area contributed by atoms with Gasteiger partial charge in [-0.25, -0.2) is 0 Å². The first kappa shape index (κ1) is 16.1. The first-order valence-electron chi connectivity index (χ1n) is 9.37. The van der Waals surface area contributed by atoms with Gasteiger partial charge >= 0.3 is 0 Å².